The largest absolute Gasteiger partial charge is 0.391 e. The molecule has 0 unspecified atom stereocenters. The standard InChI is InChI=1S/C16H19N5O2S/c1-9-4-11(20-19-9)5-10-6-21(7-13(10)22)8-14-17-12-2-3-24-15(12)16(23)18-14/h2-4,10,13,22H,5-8H2,1H3,(H,19,20)(H,17,18,23)/t10-,13-/m1/s1. The van der Waals surface area contributed by atoms with Gasteiger partial charge in [-0.2, -0.15) is 5.10 Å². The first-order valence-electron chi connectivity index (χ1n) is 7.96. The van der Waals surface area contributed by atoms with Crippen molar-refractivity contribution in [2.75, 3.05) is 13.1 Å². The third-order valence-electron chi connectivity index (χ3n) is 4.45. The number of aromatic nitrogens is 4. The van der Waals surface area contributed by atoms with Crippen LogP contribution in [0.25, 0.3) is 10.2 Å². The van der Waals surface area contributed by atoms with Gasteiger partial charge in [0.25, 0.3) is 5.56 Å². The average molecular weight is 345 g/mol. The molecule has 4 rings (SSSR count). The second kappa shape index (κ2) is 6.12. The Morgan fingerprint density at radius 3 is 3.12 bits per heavy atom. The highest BCUT2D eigenvalue weighted by Gasteiger charge is 2.32. The molecule has 8 heteroatoms. The fourth-order valence-corrected chi connectivity index (χ4v) is 4.05. The van der Waals surface area contributed by atoms with Crippen LogP contribution in [0.5, 0.6) is 0 Å². The summed E-state index contributed by atoms with van der Waals surface area (Å²) in [6.45, 7) is 3.85. The van der Waals surface area contributed by atoms with Crippen molar-refractivity contribution >= 4 is 21.6 Å². The smallest absolute Gasteiger partial charge is 0.268 e. The second-order valence-corrected chi connectivity index (χ2v) is 7.33. The van der Waals surface area contributed by atoms with E-state index in [-0.39, 0.29) is 11.5 Å². The van der Waals surface area contributed by atoms with Gasteiger partial charge in [-0.05, 0) is 30.9 Å². The van der Waals surface area contributed by atoms with E-state index >= 15 is 0 Å². The average Bonchev–Trinajstić information content (AvgIpc) is 3.22. The van der Waals surface area contributed by atoms with Gasteiger partial charge in [0.15, 0.2) is 0 Å². The van der Waals surface area contributed by atoms with Crippen molar-refractivity contribution in [1.29, 1.82) is 0 Å². The van der Waals surface area contributed by atoms with E-state index in [0.717, 1.165) is 29.9 Å². The Bertz CT molecular complexity index is 914. The predicted octanol–water partition coefficient (Wildman–Crippen LogP) is 1.05. The number of aliphatic hydroxyl groups excluding tert-OH is 1. The number of fused-ring (bicyclic) bond motifs is 1. The lowest BCUT2D eigenvalue weighted by Crippen LogP contribution is -2.24. The van der Waals surface area contributed by atoms with E-state index in [2.05, 4.69) is 25.1 Å². The van der Waals surface area contributed by atoms with Crippen LogP contribution in [0.2, 0.25) is 0 Å². The number of aryl methyl sites for hydroxylation is 1. The molecule has 1 aliphatic rings. The number of nitrogens with zero attached hydrogens (tertiary/aromatic N) is 3. The minimum atomic E-state index is -0.390. The summed E-state index contributed by atoms with van der Waals surface area (Å²) in [5.41, 5.74) is 2.65. The highest BCUT2D eigenvalue weighted by molar-refractivity contribution is 7.17. The van der Waals surface area contributed by atoms with Crippen molar-refractivity contribution < 1.29 is 5.11 Å². The van der Waals surface area contributed by atoms with Crippen molar-refractivity contribution in [3.05, 3.63) is 45.1 Å². The number of hydrogen-bond donors (Lipinski definition) is 3. The van der Waals surface area contributed by atoms with Crippen LogP contribution in [0, 0.1) is 12.8 Å². The Morgan fingerprint density at radius 2 is 2.33 bits per heavy atom. The Kier molecular flexibility index (Phi) is 3.95. The van der Waals surface area contributed by atoms with Crippen LogP contribution in [-0.4, -0.2) is 49.4 Å². The normalized spacial score (nSPS) is 21.8. The summed E-state index contributed by atoms with van der Waals surface area (Å²) < 4.78 is 0.659. The zero-order valence-electron chi connectivity index (χ0n) is 13.3. The first-order chi connectivity index (χ1) is 11.6. The maximum Gasteiger partial charge on any atom is 0.268 e. The van der Waals surface area contributed by atoms with E-state index in [9.17, 15) is 9.90 Å². The third-order valence-corrected chi connectivity index (χ3v) is 5.35. The van der Waals surface area contributed by atoms with Gasteiger partial charge < -0.3 is 10.1 Å². The Hall–Kier alpha value is -2.03. The maximum atomic E-state index is 12.0. The molecule has 3 N–H and O–H groups in total. The van der Waals surface area contributed by atoms with Crippen LogP contribution in [0.3, 0.4) is 0 Å². The molecular weight excluding hydrogens is 326 g/mol. The lowest BCUT2D eigenvalue weighted by Gasteiger charge is -2.14. The van der Waals surface area contributed by atoms with E-state index in [1.807, 2.05) is 24.4 Å². The molecule has 0 radical (unpaired) electrons. The molecule has 0 aromatic carbocycles. The van der Waals surface area contributed by atoms with Gasteiger partial charge in [0.1, 0.15) is 10.5 Å². The summed E-state index contributed by atoms with van der Waals surface area (Å²) in [6, 6.07) is 3.87. The summed E-state index contributed by atoms with van der Waals surface area (Å²) in [5.74, 6) is 0.790. The number of aromatic amines is 2. The molecule has 1 fully saturated rings. The first-order valence-corrected chi connectivity index (χ1v) is 8.84. The van der Waals surface area contributed by atoms with E-state index in [4.69, 9.17) is 0 Å². The number of β-amino-alcohol motifs (C(OH)–C–C–N with tert-alkyl or cyclic N) is 1. The quantitative estimate of drug-likeness (QED) is 0.657. The van der Waals surface area contributed by atoms with E-state index in [1.54, 1.807) is 0 Å². The number of nitrogens with one attached hydrogen (secondary N) is 2. The van der Waals surface area contributed by atoms with Crippen molar-refractivity contribution in [1.82, 2.24) is 25.1 Å². The van der Waals surface area contributed by atoms with Gasteiger partial charge in [-0.3, -0.25) is 14.8 Å². The van der Waals surface area contributed by atoms with Gasteiger partial charge in [-0.25, -0.2) is 4.98 Å². The molecule has 0 amide bonds. The summed E-state index contributed by atoms with van der Waals surface area (Å²) in [6.07, 6.45) is 0.355. The molecule has 7 nitrogen and oxygen atoms in total. The maximum absolute atomic E-state index is 12.0. The fraction of sp³-hybridized carbons (Fsp3) is 0.438. The zero-order valence-corrected chi connectivity index (χ0v) is 14.1. The molecule has 0 spiro atoms. The number of hydrogen-bond acceptors (Lipinski definition) is 6. The monoisotopic (exact) mass is 345 g/mol. The topological polar surface area (TPSA) is 97.9 Å². The van der Waals surface area contributed by atoms with Crippen molar-refractivity contribution in [3.63, 3.8) is 0 Å². The van der Waals surface area contributed by atoms with Crippen molar-refractivity contribution in [2.24, 2.45) is 5.92 Å². The molecule has 0 bridgehead atoms. The number of H-pyrrole nitrogens is 2. The predicted molar refractivity (Wildman–Crippen MR) is 92.0 cm³/mol. The molecule has 0 aliphatic carbocycles. The van der Waals surface area contributed by atoms with Crippen LogP contribution in [-0.2, 0) is 13.0 Å². The van der Waals surface area contributed by atoms with Crippen LogP contribution >= 0.6 is 11.3 Å². The molecule has 0 saturated carbocycles. The molecule has 24 heavy (non-hydrogen) atoms. The third kappa shape index (κ3) is 3.00. The number of thiophene rings is 1. The van der Waals surface area contributed by atoms with Crippen LogP contribution in [0.15, 0.2) is 22.3 Å². The van der Waals surface area contributed by atoms with Crippen LogP contribution < -0.4 is 5.56 Å². The van der Waals surface area contributed by atoms with Gasteiger partial charge >= 0.3 is 0 Å². The molecule has 3 aromatic rings. The Balaban J connectivity index is 1.46. The van der Waals surface area contributed by atoms with Gasteiger partial charge in [0.2, 0.25) is 0 Å². The minimum Gasteiger partial charge on any atom is -0.391 e. The molecule has 1 saturated heterocycles. The Morgan fingerprint density at radius 1 is 1.46 bits per heavy atom. The lowest BCUT2D eigenvalue weighted by molar-refractivity contribution is 0.140. The molecule has 4 heterocycles. The molecule has 2 atom stereocenters. The number of likely N-dealkylation sites (tertiary alicyclic amines) is 1. The first kappa shape index (κ1) is 15.5. The van der Waals surface area contributed by atoms with Gasteiger partial charge in [0, 0.05) is 24.7 Å². The molecule has 3 aromatic heterocycles. The molecular formula is C16H19N5O2S. The van der Waals surface area contributed by atoms with E-state index in [0.29, 0.717) is 23.6 Å². The highest BCUT2D eigenvalue weighted by Crippen LogP contribution is 2.22. The van der Waals surface area contributed by atoms with Crippen molar-refractivity contribution in [3.8, 4) is 0 Å². The van der Waals surface area contributed by atoms with E-state index in [1.165, 1.54) is 11.3 Å². The highest BCUT2D eigenvalue weighted by atomic mass is 32.1. The number of aliphatic hydroxyl groups is 1. The summed E-state index contributed by atoms with van der Waals surface area (Å²) in [7, 11) is 0. The number of rotatable bonds is 4. The lowest BCUT2D eigenvalue weighted by atomic mass is 10.0. The fourth-order valence-electron chi connectivity index (χ4n) is 3.33. The SMILES string of the molecule is Cc1cc(C[C@@H]2CN(Cc3nc4ccsc4c(=O)[nH]3)C[C@H]2O)n[nH]1. The minimum absolute atomic E-state index is 0.0895. The van der Waals surface area contributed by atoms with Gasteiger partial charge in [-0.15, -0.1) is 11.3 Å². The van der Waals surface area contributed by atoms with Gasteiger partial charge in [0.05, 0.1) is 23.9 Å². The summed E-state index contributed by atoms with van der Waals surface area (Å²) >= 11 is 1.40. The van der Waals surface area contributed by atoms with Crippen LogP contribution in [0.4, 0.5) is 0 Å². The Labute approximate surface area is 142 Å². The zero-order chi connectivity index (χ0) is 16.7. The molecule has 126 valence electrons. The molecule has 1 aliphatic heterocycles. The second-order valence-electron chi connectivity index (χ2n) is 6.42. The van der Waals surface area contributed by atoms with Crippen LogP contribution in [0.1, 0.15) is 17.2 Å². The van der Waals surface area contributed by atoms with E-state index < -0.39 is 6.10 Å². The van der Waals surface area contributed by atoms with Crippen molar-refractivity contribution in [2.45, 2.75) is 26.0 Å². The summed E-state index contributed by atoms with van der Waals surface area (Å²) in [4.78, 5) is 21.5. The van der Waals surface area contributed by atoms with Gasteiger partial charge in [-0.1, -0.05) is 0 Å². The summed E-state index contributed by atoms with van der Waals surface area (Å²) in [5, 5.41) is 19.4.